The van der Waals surface area contributed by atoms with Crippen LogP contribution in [0.2, 0.25) is 0 Å². The predicted molar refractivity (Wildman–Crippen MR) is 73.2 cm³/mol. The van der Waals surface area contributed by atoms with E-state index in [2.05, 4.69) is 20.9 Å². The van der Waals surface area contributed by atoms with Crippen LogP contribution < -0.4 is 0 Å². The average Bonchev–Trinajstić information content (AvgIpc) is 2.32. The predicted octanol–water partition coefficient (Wildman–Crippen LogP) is 3.54. The van der Waals surface area contributed by atoms with E-state index in [1.165, 1.54) is 6.08 Å². The van der Waals surface area contributed by atoms with Gasteiger partial charge in [0.15, 0.2) is 0 Å². The number of pyridine rings is 1. The van der Waals surface area contributed by atoms with Gasteiger partial charge in [-0.1, -0.05) is 6.08 Å². The highest BCUT2D eigenvalue weighted by molar-refractivity contribution is 9.10. The molecule has 1 aromatic heterocycles. The first-order valence-electron chi connectivity index (χ1n) is 5.55. The first kappa shape index (κ1) is 13.7. The van der Waals surface area contributed by atoms with Gasteiger partial charge in [-0.25, -0.2) is 9.37 Å². The van der Waals surface area contributed by atoms with Crippen molar-refractivity contribution in [3.63, 3.8) is 0 Å². The third kappa shape index (κ3) is 3.40. The Morgan fingerprint density at radius 3 is 3.00 bits per heavy atom. The van der Waals surface area contributed by atoms with Crippen LogP contribution in [-0.2, 0) is 6.42 Å². The Labute approximate surface area is 118 Å². The standard InChI is InChI=1S/C13H12BrClFNO/c14-13-6-8(3-4-17-13)5-12(18)9-1-2-11(16)10(15)7-9/h1-4,6,10,12,18H,5,7H2. The lowest BCUT2D eigenvalue weighted by Crippen LogP contribution is -2.19. The van der Waals surface area contributed by atoms with E-state index in [-0.39, 0.29) is 5.83 Å². The van der Waals surface area contributed by atoms with Crippen molar-refractivity contribution in [1.29, 1.82) is 0 Å². The number of halogens is 3. The molecule has 0 saturated heterocycles. The Morgan fingerprint density at radius 1 is 1.56 bits per heavy atom. The van der Waals surface area contributed by atoms with E-state index in [1.54, 1.807) is 12.3 Å². The number of aliphatic hydroxyl groups is 1. The Balaban J connectivity index is 2.07. The number of hydrogen-bond donors (Lipinski definition) is 1. The summed E-state index contributed by atoms with van der Waals surface area (Å²) >= 11 is 9.10. The molecular weight excluding hydrogens is 321 g/mol. The molecule has 18 heavy (non-hydrogen) atoms. The Kier molecular flexibility index (Phi) is 4.54. The van der Waals surface area contributed by atoms with Crippen molar-refractivity contribution in [3.05, 3.63) is 52.0 Å². The van der Waals surface area contributed by atoms with Gasteiger partial charge >= 0.3 is 0 Å². The highest BCUT2D eigenvalue weighted by Crippen LogP contribution is 2.27. The number of aromatic nitrogens is 1. The van der Waals surface area contributed by atoms with Crippen LogP contribution >= 0.6 is 27.5 Å². The number of rotatable bonds is 3. The smallest absolute Gasteiger partial charge is 0.118 e. The molecule has 2 unspecified atom stereocenters. The third-order valence-electron chi connectivity index (χ3n) is 2.82. The first-order valence-corrected chi connectivity index (χ1v) is 6.78. The van der Waals surface area contributed by atoms with Crippen molar-refractivity contribution in [2.24, 2.45) is 0 Å². The van der Waals surface area contributed by atoms with Gasteiger partial charge in [0.2, 0.25) is 0 Å². The molecule has 0 amide bonds. The average molecular weight is 333 g/mol. The lowest BCUT2D eigenvalue weighted by molar-refractivity contribution is 0.206. The molecule has 2 atom stereocenters. The van der Waals surface area contributed by atoms with Crippen LogP contribution in [0.15, 0.2) is 46.5 Å². The number of alkyl halides is 1. The minimum absolute atomic E-state index is 0.345. The molecule has 0 radical (unpaired) electrons. The lowest BCUT2D eigenvalue weighted by atomic mass is 9.95. The summed E-state index contributed by atoms with van der Waals surface area (Å²) in [5.74, 6) is -0.348. The molecule has 0 spiro atoms. The maximum absolute atomic E-state index is 13.1. The van der Waals surface area contributed by atoms with Crippen molar-refractivity contribution in [2.75, 3.05) is 0 Å². The summed E-state index contributed by atoms with van der Waals surface area (Å²) < 4.78 is 13.8. The maximum Gasteiger partial charge on any atom is 0.118 e. The number of aliphatic hydroxyl groups excluding tert-OH is 1. The van der Waals surface area contributed by atoms with Crippen molar-refractivity contribution < 1.29 is 9.50 Å². The van der Waals surface area contributed by atoms with Gasteiger partial charge < -0.3 is 5.11 Å². The second-order valence-electron chi connectivity index (χ2n) is 4.17. The van der Waals surface area contributed by atoms with Gasteiger partial charge in [-0.3, -0.25) is 0 Å². The fraction of sp³-hybridized carbons (Fsp3) is 0.308. The summed E-state index contributed by atoms with van der Waals surface area (Å²) in [5, 5.41) is 9.44. The quantitative estimate of drug-likeness (QED) is 0.678. The Bertz CT molecular complexity index is 504. The normalized spacial score (nSPS) is 21.2. The van der Waals surface area contributed by atoms with Crippen molar-refractivity contribution in [3.8, 4) is 0 Å². The summed E-state index contributed by atoms with van der Waals surface area (Å²) in [5.41, 5.74) is 1.72. The van der Waals surface area contributed by atoms with Crippen LogP contribution in [0.25, 0.3) is 0 Å². The molecule has 0 fully saturated rings. The van der Waals surface area contributed by atoms with E-state index >= 15 is 0 Å². The topological polar surface area (TPSA) is 33.1 Å². The minimum atomic E-state index is -0.663. The van der Waals surface area contributed by atoms with Crippen molar-refractivity contribution in [2.45, 2.75) is 24.3 Å². The monoisotopic (exact) mass is 331 g/mol. The number of allylic oxidation sites excluding steroid dienone is 3. The van der Waals surface area contributed by atoms with E-state index < -0.39 is 11.5 Å². The molecule has 1 aliphatic carbocycles. The highest BCUT2D eigenvalue weighted by atomic mass is 79.9. The molecule has 96 valence electrons. The van der Waals surface area contributed by atoms with Gasteiger partial charge in [-0.2, -0.15) is 0 Å². The summed E-state index contributed by atoms with van der Waals surface area (Å²) in [6.45, 7) is 0. The van der Waals surface area contributed by atoms with Gasteiger partial charge in [0.25, 0.3) is 0 Å². The van der Waals surface area contributed by atoms with Crippen LogP contribution in [0.3, 0.4) is 0 Å². The molecule has 1 N–H and O–H groups in total. The summed E-state index contributed by atoms with van der Waals surface area (Å²) in [6, 6.07) is 3.69. The molecule has 0 aromatic carbocycles. The number of hydrogen-bond acceptors (Lipinski definition) is 2. The van der Waals surface area contributed by atoms with Crippen LogP contribution in [-0.4, -0.2) is 21.6 Å². The zero-order valence-corrected chi connectivity index (χ0v) is 11.8. The van der Waals surface area contributed by atoms with Crippen LogP contribution in [0, 0.1) is 0 Å². The molecule has 1 aliphatic rings. The van der Waals surface area contributed by atoms with Gasteiger partial charge in [0.1, 0.15) is 10.4 Å². The summed E-state index contributed by atoms with van der Waals surface area (Å²) in [6.07, 6.45) is 4.76. The third-order valence-corrected chi connectivity index (χ3v) is 3.62. The highest BCUT2D eigenvalue weighted by Gasteiger charge is 2.21. The molecule has 0 saturated carbocycles. The SMILES string of the molecule is OC(Cc1ccnc(Br)c1)C1=CC=C(F)C(Cl)C1. The van der Waals surface area contributed by atoms with E-state index in [0.717, 1.165) is 15.7 Å². The fourth-order valence-corrected chi connectivity index (χ4v) is 2.50. The Hall–Kier alpha value is -0.710. The first-order chi connectivity index (χ1) is 8.56. The van der Waals surface area contributed by atoms with Crippen molar-refractivity contribution in [1.82, 2.24) is 4.98 Å². The zero-order valence-electron chi connectivity index (χ0n) is 9.48. The lowest BCUT2D eigenvalue weighted by Gasteiger charge is -2.20. The van der Waals surface area contributed by atoms with Crippen LogP contribution in [0.1, 0.15) is 12.0 Å². The fourth-order valence-electron chi connectivity index (χ4n) is 1.83. The minimum Gasteiger partial charge on any atom is -0.388 e. The van der Waals surface area contributed by atoms with E-state index in [1.807, 2.05) is 12.1 Å². The van der Waals surface area contributed by atoms with Gasteiger partial charge in [0, 0.05) is 12.6 Å². The molecule has 1 heterocycles. The van der Waals surface area contributed by atoms with E-state index in [0.29, 0.717) is 12.8 Å². The summed E-state index contributed by atoms with van der Waals surface area (Å²) in [7, 11) is 0. The second-order valence-corrected chi connectivity index (χ2v) is 5.51. The van der Waals surface area contributed by atoms with Gasteiger partial charge in [0.05, 0.1) is 11.5 Å². The molecule has 5 heteroatoms. The van der Waals surface area contributed by atoms with Gasteiger partial charge in [-0.05, 0) is 51.7 Å². The Morgan fingerprint density at radius 2 is 2.33 bits per heavy atom. The molecule has 2 nitrogen and oxygen atoms in total. The van der Waals surface area contributed by atoms with Gasteiger partial charge in [-0.15, -0.1) is 11.6 Å². The molecule has 0 aliphatic heterocycles. The molecule has 2 rings (SSSR count). The zero-order chi connectivity index (χ0) is 13.1. The summed E-state index contributed by atoms with van der Waals surface area (Å²) in [4.78, 5) is 4.02. The second kappa shape index (κ2) is 5.95. The molecular formula is C13H12BrClFNO. The van der Waals surface area contributed by atoms with Crippen LogP contribution in [0.5, 0.6) is 0 Å². The van der Waals surface area contributed by atoms with Crippen molar-refractivity contribution >= 4 is 27.5 Å². The largest absolute Gasteiger partial charge is 0.388 e. The van der Waals surface area contributed by atoms with Crippen LogP contribution in [0.4, 0.5) is 4.39 Å². The van der Waals surface area contributed by atoms with E-state index in [9.17, 15) is 9.50 Å². The number of nitrogens with zero attached hydrogens (tertiary/aromatic N) is 1. The maximum atomic E-state index is 13.1. The molecule has 1 aromatic rings. The molecule has 0 bridgehead atoms. The van der Waals surface area contributed by atoms with E-state index in [4.69, 9.17) is 11.6 Å².